The minimum Gasteiger partial charge on any atom is -0.323 e. The molecule has 3 heteroatoms. The molecule has 1 saturated heterocycles. The van der Waals surface area contributed by atoms with Crippen molar-refractivity contribution in [2.75, 3.05) is 7.05 Å². The summed E-state index contributed by atoms with van der Waals surface area (Å²) in [5.74, 6) is 0. The van der Waals surface area contributed by atoms with Gasteiger partial charge in [-0.15, -0.1) is 6.58 Å². The van der Waals surface area contributed by atoms with E-state index in [1.807, 2.05) is 30.2 Å². The van der Waals surface area contributed by atoms with Gasteiger partial charge in [-0.05, 0) is 37.3 Å². The summed E-state index contributed by atoms with van der Waals surface area (Å²) in [6, 6.07) is 21.4. The van der Waals surface area contributed by atoms with Gasteiger partial charge in [0.1, 0.15) is 0 Å². The Morgan fingerprint density at radius 3 is 2.31 bits per heavy atom. The fourth-order valence-electron chi connectivity index (χ4n) is 3.93. The third-order valence-electron chi connectivity index (χ3n) is 5.47. The van der Waals surface area contributed by atoms with E-state index >= 15 is 0 Å². The zero-order valence-electron chi connectivity index (χ0n) is 15.7. The van der Waals surface area contributed by atoms with E-state index in [1.165, 1.54) is 11.1 Å². The Morgan fingerprint density at radius 1 is 1.08 bits per heavy atom. The van der Waals surface area contributed by atoms with Gasteiger partial charge < -0.3 is 9.80 Å². The van der Waals surface area contributed by atoms with Crippen LogP contribution in [0, 0.1) is 0 Å². The molecule has 3 rings (SSSR count). The second kappa shape index (κ2) is 8.22. The zero-order chi connectivity index (χ0) is 18.5. The number of urea groups is 1. The van der Waals surface area contributed by atoms with Gasteiger partial charge in [0, 0.05) is 13.1 Å². The maximum Gasteiger partial charge on any atom is 0.320 e. The Hall–Kier alpha value is -2.55. The molecule has 0 radical (unpaired) electrons. The van der Waals surface area contributed by atoms with Crippen molar-refractivity contribution in [1.29, 1.82) is 0 Å². The summed E-state index contributed by atoms with van der Waals surface area (Å²) in [4.78, 5) is 17.0. The zero-order valence-corrected chi connectivity index (χ0v) is 15.7. The van der Waals surface area contributed by atoms with Gasteiger partial charge in [-0.1, -0.05) is 66.7 Å². The molecule has 2 amide bonds. The highest BCUT2D eigenvalue weighted by Gasteiger charge is 2.44. The maximum atomic E-state index is 13.0. The quantitative estimate of drug-likeness (QED) is 0.642. The number of amides is 2. The molecule has 3 nitrogen and oxygen atoms in total. The summed E-state index contributed by atoms with van der Waals surface area (Å²) in [5.41, 5.74) is 2.51. The molecule has 1 aliphatic heterocycles. The van der Waals surface area contributed by atoms with Crippen LogP contribution in [0.3, 0.4) is 0 Å². The predicted molar refractivity (Wildman–Crippen MR) is 107 cm³/mol. The number of hydrogen-bond acceptors (Lipinski definition) is 1. The van der Waals surface area contributed by atoms with Crippen molar-refractivity contribution >= 4 is 6.03 Å². The fraction of sp³-hybridized carbons (Fsp3) is 0.348. The minimum absolute atomic E-state index is 0.0782. The highest BCUT2D eigenvalue weighted by atomic mass is 16.2. The Bertz CT molecular complexity index is 728. The summed E-state index contributed by atoms with van der Waals surface area (Å²) < 4.78 is 0. The average Bonchev–Trinajstić information content (AvgIpc) is 2.90. The molecule has 0 unspecified atom stereocenters. The first kappa shape index (κ1) is 18.2. The van der Waals surface area contributed by atoms with Crippen molar-refractivity contribution in [3.8, 4) is 0 Å². The summed E-state index contributed by atoms with van der Waals surface area (Å²) in [6.45, 7) is 6.07. The van der Waals surface area contributed by atoms with Crippen molar-refractivity contribution in [3.63, 3.8) is 0 Å². The van der Waals surface area contributed by atoms with E-state index in [0.29, 0.717) is 0 Å². The number of carbonyl (C=O) groups excluding carboxylic acids is 1. The lowest BCUT2D eigenvalue weighted by Crippen LogP contribution is -2.40. The minimum atomic E-state index is 0.0782. The Kier molecular flexibility index (Phi) is 5.77. The molecule has 0 aromatic heterocycles. The molecule has 0 aliphatic carbocycles. The van der Waals surface area contributed by atoms with E-state index in [1.54, 1.807) is 0 Å². The molecular formula is C23H28N2O. The number of hydrogen-bond donors (Lipinski definition) is 0. The molecule has 1 aliphatic rings. The SMILES string of the molecule is C=CC[C@@H](CCc1ccccc1)N1C(=O)N(C)[C@@H](C)[C@H]1c1ccccc1. The lowest BCUT2D eigenvalue weighted by Gasteiger charge is -2.33. The average molecular weight is 348 g/mol. The first-order valence-corrected chi connectivity index (χ1v) is 9.38. The van der Waals surface area contributed by atoms with Crippen LogP contribution in [-0.4, -0.2) is 35.0 Å². The topological polar surface area (TPSA) is 23.6 Å². The van der Waals surface area contributed by atoms with E-state index in [0.717, 1.165) is 19.3 Å². The standard InChI is InChI=1S/C23H28N2O/c1-4-11-21(17-16-19-12-7-5-8-13-19)25-22(18(2)24(3)23(25)26)20-14-9-6-10-15-20/h4-10,12-15,18,21-22H,1,11,16-17H2,2-3H3/t18-,21-,22-/m0/s1. The molecule has 0 saturated carbocycles. The van der Waals surface area contributed by atoms with Gasteiger partial charge >= 0.3 is 6.03 Å². The fourth-order valence-corrected chi connectivity index (χ4v) is 3.93. The van der Waals surface area contributed by atoms with Gasteiger partial charge in [-0.25, -0.2) is 4.79 Å². The van der Waals surface area contributed by atoms with Crippen molar-refractivity contribution < 1.29 is 4.79 Å². The van der Waals surface area contributed by atoms with E-state index < -0.39 is 0 Å². The molecule has 0 spiro atoms. The van der Waals surface area contributed by atoms with E-state index in [-0.39, 0.29) is 24.2 Å². The van der Waals surface area contributed by atoms with Crippen LogP contribution >= 0.6 is 0 Å². The molecule has 1 fully saturated rings. The van der Waals surface area contributed by atoms with Gasteiger partial charge in [-0.2, -0.15) is 0 Å². The molecule has 2 aromatic carbocycles. The number of nitrogens with zero attached hydrogens (tertiary/aromatic N) is 2. The first-order valence-electron chi connectivity index (χ1n) is 9.38. The highest BCUT2D eigenvalue weighted by molar-refractivity contribution is 5.78. The predicted octanol–water partition coefficient (Wildman–Crippen LogP) is 5.06. The van der Waals surface area contributed by atoms with Crippen LogP contribution in [0.1, 0.15) is 36.9 Å². The molecule has 0 N–H and O–H groups in total. The summed E-state index contributed by atoms with van der Waals surface area (Å²) >= 11 is 0. The molecule has 0 bridgehead atoms. The maximum absolute atomic E-state index is 13.0. The Labute approximate surface area is 156 Å². The van der Waals surface area contributed by atoms with Crippen molar-refractivity contribution in [2.45, 2.75) is 44.3 Å². The van der Waals surface area contributed by atoms with E-state index in [9.17, 15) is 4.79 Å². The molecule has 3 atom stereocenters. The third kappa shape index (κ3) is 3.67. The van der Waals surface area contributed by atoms with Gasteiger partial charge in [0.15, 0.2) is 0 Å². The number of likely N-dealkylation sites (N-methyl/N-ethyl adjacent to an activating group) is 1. The molecular weight excluding hydrogens is 320 g/mol. The second-order valence-electron chi connectivity index (χ2n) is 7.10. The number of benzene rings is 2. The Morgan fingerprint density at radius 2 is 1.69 bits per heavy atom. The third-order valence-corrected chi connectivity index (χ3v) is 5.47. The first-order chi connectivity index (χ1) is 12.6. The highest BCUT2D eigenvalue weighted by Crippen LogP contribution is 2.37. The van der Waals surface area contributed by atoms with Crippen LogP contribution in [0.5, 0.6) is 0 Å². The smallest absolute Gasteiger partial charge is 0.320 e. The molecule has 1 heterocycles. The van der Waals surface area contributed by atoms with Crippen molar-refractivity contribution in [1.82, 2.24) is 9.80 Å². The van der Waals surface area contributed by atoms with E-state index in [4.69, 9.17) is 0 Å². The van der Waals surface area contributed by atoms with Crippen LogP contribution in [0.15, 0.2) is 73.3 Å². The summed E-state index contributed by atoms with van der Waals surface area (Å²) in [7, 11) is 1.91. The number of carbonyl (C=O) groups is 1. The molecule has 136 valence electrons. The Balaban J connectivity index is 1.87. The van der Waals surface area contributed by atoms with Crippen LogP contribution in [0.4, 0.5) is 4.79 Å². The van der Waals surface area contributed by atoms with Gasteiger partial charge in [-0.3, -0.25) is 0 Å². The van der Waals surface area contributed by atoms with Crippen LogP contribution in [-0.2, 0) is 6.42 Å². The van der Waals surface area contributed by atoms with Crippen LogP contribution in [0.2, 0.25) is 0 Å². The lowest BCUT2D eigenvalue weighted by molar-refractivity contribution is 0.163. The van der Waals surface area contributed by atoms with Crippen molar-refractivity contribution in [3.05, 3.63) is 84.4 Å². The van der Waals surface area contributed by atoms with Crippen LogP contribution < -0.4 is 0 Å². The summed E-state index contributed by atoms with van der Waals surface area (Å²) in [5, 5.41) is 0. The normalized spacial score (nSPS) is 21.1. The largest absolute Gasteiger partial charge is 0.323 e. The van der Waals surface area contributed by atoms with Crippen molar-refractivity contribution in [2.24, 2.45) is 0 Å². The monoisotopic (exact) mass is 348 g/mol. The van der Waals surface area contributed by atoms with E-state index in [2.05, 4.69) is 66.9 Å². The lowest BCUT2D eigenvalue weighted by atomic mass is 9.96. The second-order valence-corrected chi connectivity index (χ2v) is 7.10. The molecule has 26 heavy (non-hydrogen) atoms. The van der Waals surface area contributed by atoms with Gasteiger partial charge in [0.25, 0.3) is 0 Å². The number of rotatable bonds is 7. The van der Waals surface area contributed by atoms with Crippen LogP contribution in [0.25, 0.3) is 0 Å². The number of aryl methyl sites for hydroxylation is 1. The molecule has 2 aromatic rings. The van der Waals surface area contributed by atoms with Gasteiger partial charge in [0.2, 0.25) is 0 Å². The summed E-state index contributed by atoms with van der Waals surface area (Å²) in [6.07, 6.45) is 4.64. The van der Waals surface area contributed by atoms with Gasteiger partial charge in [0.05, 0.1) is 12.1 Å².